The number of allylic oxidation sites excluding steroid dienone is 2. The minimum Gasteiger partial charge on any atom is -0.422 e. The summed E-state index contributed by atoms with van der Waals surface area (Å²) in [4.78, 5) is 9.05. The number of hydrogen-bond donors (Lipinski definition) is 2. The molecule has 6 rings (SSSR count). The van der Waals surface area contributed by atoms with Gasteiger partial charge in [-0.1, -0.05) is 56.1 Å². The molecule has 11 nitrogen and oxygen atoms in total. The van der Waals surface area contributed by atoms with Crippen LogP contribution in [0.15, 0.2) is 45.5 Å². The smallest absolute Gasteiger partial charge is 0.241 e. The van der Waals surface area contributed by atoms with Crippen LogP contribution in [0, 0.1) is 0 Å². The van der Waals surface area contributed by atoms with Gasteiger partial charge in [-0.2, -0.15) is 0 Å². The molecule has 0 aromatic carbocycles. The molecule has 0 spiro atoms. The van der Waals surface area contributed by atoms with Crippen LogP contribution in [0.4, 0.5) is 0 Å². The van der Waals surface area contributed by atoms with Crippen molar-refractivity contribution in [3.63, 3.8) is 0 Å². The van der Waals surface area contributed by atoms with Gasteiger partial charge in [0.1, 0.15) is 13.2 Å². The van der Waals surface area contributed by atoms with Crippen molar-refractivity contribution in [3.05, 3.63) is 92.8 Å². The number of pyridine rings is 2. The summed E-state index contributed by atoms with van der Waals surface area (Å²) >= 11 is 22.4. The zero-order valence-corrected chi connectivity index (χ0v) is 36.8. The highest BCUT2D eigenvalue weighted by Crippen LogP contribution is 2.37. The van der Waals surface area contributed by atoms with Gasteiger partial charge in [0, 0.05) is 18.9 Å². The number of aromatic nitrogens is 6. The summed E-state index contributed by atoms with van der Waals surface area (Å²) in [6.45, 7) is 12.9. The lowest BCUT2D eigenvalue weighted by molar-refractivity contribution is 0.237. The fourth-order valence-corrected chi connectivity index (χ4v) is 6.70. The average molecular weight is 885 g/mol. The number of rotatable bonds is 10. The molecular weight excluding hydrogens is 835 g/mol. The monoisotopic (exact) mass is 881 g/mol. The summed E-state index contributed by atoms with van der Waals surface area (Å²) in [5.74, 6) is 1.71. The lowest BCUT2D eigenvalue weighted by Gasteiger charge is -2.35. The second-order valence-electron chi connectivity index (χ2n) is 13.8. The number of hydrogen-bond acceptors (Lipinski definition) is 11. The van der Waals surface area contributed by atoms with Crippen LogP contribution in [0.25, 0.3) is 11.1 Å². The van der Waals surface area contributed by atoms with Gasteiger partial charge in [-0.25, -0.2) is 0 Å². The first kappa shape index (κ1) is 48.0. The molecule has 18 heteroatoms. The fourth-order valence-electron chi connectivity index (χ4n) is 5.16. The third-order valence-corrected chi connectivity index (χ3v) is 14.0. The number of nitrogens with zero attached hydrogens (tertiary/aromatic N) is 6. The molecular formula is C36H49Cl6N7O4Si. The van der Waals surface area contributed by atoms with E-state index in [1.807, 2.05) is 18.3 Å². The number of halogens is 6. The lowest BCUT2D eigenvalue weighted by Crippen LogP contribution is -2.40. The van der Waals surface area contributed by atoms with Crippen molar-refractivity contribution in [1.82, 2.24) is 35.7 Å². The summed E-state index contributed by atoms with van der Waals surface area (Å²) < 4.78 is 17.2. The van der Waals surface area contributed by atoms with E-state index in [1.54, 1.807) is 6.20 Å². The molecule has 1 aliphatic heterocycles. The van der Waals surface area contributed by atoms with Crippen molar-refractivity contribution in [1.29, 1.82) is 0 Å². The molecule has 0 radical (unpaired) electrons. The van der Waals surface area contributed by atoms with Crippen LogP contribution in [0.5, 0.6) is 0 Å². The molecule has 0 saturated heterocycles. The topological polar surface area (TPSA) is 145 Å². The molecule has 4 aromatic rings. The van der Waals surface area contributed by atoms with Gasteiger partial charge in [0.15, 0.2) is 8.32 Å². The minimum absolute atomic E-state index is 0. The second-order valence-corrected chi connectivity index (χ2v) is 20.3. The highest BCUT2D eigenvalue weighted by atomic mass is 35.5. The molecule has 298 valence electrons. The molecule has 0 amide bonds. The Hall–Kier alpha value is -2.10. The largest absolute Gasteiger partial charge is 0.422 e. The van der Waals surface area contributed by atoms with Gasteiger partial charge in [-0.05, 0) is 91.2 Å². The Morgan fingerprint density at radius 2 is 1.31 bits per heavy atom. The van der Waals surface area contributed by atoms with E-state index in [0.717, 1.165) is 54.9 Å². The highest BCUT2D eigenvalue weighted by Gasteiger charge is 2.37. The first-order valence-corrected chi connectivity index (χ1v) is 21.9. The zero-order chi connectivity index (χ0) is 37.7. The summed E-state index contributed by atoms with van der Waals surface area (Å²) in [6, 6.07) is 3.82. The maximum Gasteiger partial charge on any atom is 0.241 e. The molecule has 0 fully saturated rings. The van der Waals surface area contributed by atoms with Crippen molar-refractivity contribution < 1.29 is 18.4 Å². The summed E-state index contributed by atoms with van der Waals surface area (Å²) in [7, 11) is -1.84. The van der Waals surface area contributed by atoms with Crippen LogP contribution in [0.2, 0.25) is 28.2 Å². The normalized spacial score (nSPS) is 14.3. The summed E-state index contributed by atoms with van der Waals surface area (Å²) in [5.41, 5.74) is 6.02. The Morgan fingerprint density at radius 1 is 0.796 bits per heavy atom. The Balaban J connectivity index is 0.000000347. The van der Waals surface area contributed by atoms with Gasteiger partial charge in [0.25, 0.3) is 0 Å². The van der Waals surface area contributed by atoms with E-state index in [0.29, 0.717) is 47.2 Å². The molecule has 5 heterocycles. The predicted octanol–water partition coefficient (Wildman–Crippen LogP) is 10.0. The first-order valence-electron chi connectivity index (χ1n) is 17.2. The Kier molecular flexibility index (Phi) is 20.6. The summed E-state index contributed by atoms with van der Waals surface area (Å²) in [6.07, 6.45) is 14.5. The lowest BCUT2D eigenvalue weighted by atomic mass is 9.96. The summed E-state index contributed by atoms with van der Waals surface area (Å²) in [5, 5.41) is 29.7. The van der Waals surface area contributed by atoms with Crippen molar-refractivity contribution in [3.8, 4) is 0 Å². The van der Waals surface area contributed by atoms with Crippen molar-refractivity contribution in [2.75, 3.05) is 18.4 Å². The number of alkyl halides is 2. The molecule has 0 saturated carbocycles. The standard InChI is InChI=1S/C21H30ClN3O2Si.C14H15ClN4O2.CH2Cl2.2ClH/c1-21(2,3)28(4,5)26-14-19-25-24-18(27-19)12-15-11-17(22)20(23-13-15)16-9-7-6-8-10-16;15-11-5-9(6-12-18-19-13(8-20)21-12)7-17-14(11)10-1-3-16-4-2-10;2-1-3;;/h9,11,13H,6-8,10,12,14H2,1-5H3;1,5,7,16,20H,2-4,6,8H2;1H2;2*1H. The third-order valence-electron chi connectivity index (χ3n) is 8.98. The van der Waals surface area contributed by atoms with E-state index in [2.05, 4.69) is 81.7 Å². The van der Waals surface area contributed by atoms with Crippen molar-refractivity contribution in [2.24, 2.45) is 0 Å². The van der Waals surface area contributed by atoms with Crippen molar-refractivity contribution >= 4 is 90.7 Å². The van der Waals surface area contributed by atoms with Crippen LogP contribution in [0.1, 0.15) is 99.0 Å². The van der Waals surface area contributed by atoms with Gasteiger partial charge < -0.3 is 23.7 Å². The van der Waals surface area contributed by atoms with Crippen LogP contribution >= 0.6 is 71.2 Å². The second kappa shape index (κ2) is 23.2. The molecule has 4 aromatic heterocycles. The molecule has 54 heavy (non-hydrogen) atoms. The van der Waals surface area contributed by atoms with Crippen LogP contribution in [-0.2, 0) is 30.5 Å². The van der Waals surface area contributed by atoms with Gasteiger partial charge >= 0.3 is 0 Å². The van der Waals surface area contributed by atoms with E-state index in [9.17, 15) is 0 Å². The number of aliphatic hydroxyl groups excluding tert-OH is 1. The van der Waals surface area contributed by atoms with E-state index >= 15 is 0 Å². The van der Waals surface area contributed by atoms with Gasteiger partial charge in [-0.3, -0.25) is 9.97 Å². The van der Waals surface area contributed by atoms with Gasteiger partial charge in [0.2, 0.25) is 23.6 Å². The van der Waals surface area contributed by atoms with Crippen LogP contribution in [0.3, 0.4) is 0 Å². The molecule has 2 N–H and O–H groups in total. The Morgan fingerprint density at radius 3 is 1.76 bits per heavy atom. The Labute approximate surface area is 351 Å². The average Bonchev–Trinajstić information content (AvgIpc) is 3.78. The fraction of sp³-hybridized carbons (Fsp3) is 0.500. The highest BCUT2D eigenvalue weighted by molar-refractivity contribution is 6.74. The molecule has 0 bridgehead atoms. The van der Waals surface area contributed by atoms with E-state index in [1.165, 1.54) is 24.0 Å². The maximum atomic E-state index is 8.90. The van der Waals surface area contributed by atoms with Crippen LogP contribution in [-0.4, -0.2) is 62.2 Å². The molecule has 1 aliphatic carbocycles. The minimum atomic E-state index is -1.84. The SMILES string of the molecule is CC(C)(C)[Si](C)(C)OCc1nnc(Cc2cnc(C3=CCCCC3)c(Cl)c2)o1.Cl.Cl.ClCCl.OCc1nnc(Cc2cnc(C3=CCNCC3)c(Cl)c2)o1. The third kappa shape index (κ3) is 14.4. The van der Waals surface area contributed by atoms with Gasteiger partial charge in [0.05, 0.1) is 39.6 Å². The zero-order valence-electron chi connectivity index (χ0n) is 31.1. The molecule has 2 aliphatic rings. The van der Waals surface area contributed by atoms with E-state index in [-0.39, 0.29) is 47.7 Å². The Bertz CT molecular complexity index is 1810. The quantitative estimate of drug-likeness (QED) is 0.116. The van der Waals surface area contributed by atoms with Crippen molar-refractivity contribution in [2.45, 2.75) is 97.1 Å². The van der Waals surface area contributed by atoms with Gasteiger partial charge in [-0.15, -0.1) is 68.4 Å². The maximum absolute atomic E-state index is 8.90. The first-order chi connectivity index (χ1) is 24.8. The predicted molar refractivity (Wildman–Crippen MR) is 224 cm³/mol. The number of aliphatic hydroxyl groups is 1. The van der Waals surface area contributed by atoms with E-state index in [4.69, 9.17) is 64.8 Å². The molecule has 0 unspecified atom stereocenters. The van der Waals surface area contributed by atoms with Crippen LogP contribution < -0.4 is 5.32 Å². The number of nitrogens with one attached hydrogen (secondary N) is 1. The molecule has 0 atom stereocenters. The van der Waals surface area contributed by atoms with E-state index < -0.39 is 8.32 Å².